The van der Waals surface area contributed by atoms with E-state index in [9.17, 15) is 19.3 Å². The van der Waals surface area contributed by atoms with Crippen molar-refractivity contribution in [2.75, 3.05) is 0 Å². The van der Waals surface area contributed by atoms with Crippen LogP contribution in [0.3, 0.4) is 0 Å². The third-order valence-corrected chi connectivity index (χ3v) is 3.48. The summed E-state index contributed by atoms with van der Waals surface area (Å²) in [5.74, 6) is -0.916. The maximum atomic E-state index is 12.9. The van der Waals surface area contributed by atoms with E-state index >= 15 is 0 Å². The van der Waals surface area contributed by atoms with Crippen LogP contribution < -0.4 is 0 Å². The van der Waals surface area contributed by atoms with Crippen LogP contribution in [0.15, 0.2) is 52.9 Å². The van der Waals surface area contributed by atoms with E-state index in [0.29, 0.717) is 5.56 Å². The Kier molecular flexibility index (Phi) is 4.70. The van der Waals surface area contributed by atoms with Crippen LogP contribution in [0, 0.1) is 15.9 Å². The monoisotopic (exact) mass is 357 g/mol. The fourth-order valence-electron chi connectivity index (χ4n) is 2.11. The number of benzene rings is 2. The first kappa shape index (κ1) is 17.2. The van der Waals surface area contributed by atoms with Crippen LogP contribution in [0.4, 0.5) is 10.1 Å². The number of nitro benzene ring substituents is 1. The summed E-state index contributed by atoms with van der Waals surface area (Å²) in [6, 6.07) is 10.5. The normalized spacial score (nSPS) is 11.8. The summed E-state index contributed by atoms with van der Waals surface area (Å²) in [5, 5.41) is 18.3. The molecule has 0 saturated heterocycles. The highest BCUT2D eigenvalue weighted by atomic mass is 19.1. The predicted molar refractivity (Wildman–Crippen MR) is 86.6 cm³/mol. The summed E-state index contributed by atoms with van der Waals surface area (Å²) in [7, 11) is 0. The highest BCUT2D eigenvalue weighted by Gasteiger charge is 2.20. The number of carbonyl (C=O) groups excluding carboxylic acids is 1. The molecule has 0 bridgehead atoms. The minimum absolute atomic E-state index is 0.0601. The first-order chi connectivity index (χ1) is 12.4. The summed E-state index contributed by atoms with van der Waals surface area (Å²) < 4.78 is 23.6. The van der Waals surface area contributed by atoms with Crippen LogP contribution in [0.1, 0.15) is 29.3 Å². The number of aromatic nitrogens is 2. The Morgan fingerprint density at radius 3 is 2.42 bits per heavy atom. The van der Waals surface area contributed by atoms with Gasteiger partial charge in [0.2, 0.25) is 5.89 Å². The van der Waals surface area contributed by atoms with E-state index in [-0.39, 0.29) is 23.0 Å². The second-order valence-corrected chi connectivity index (χ2v) is 5.30. The minimum Gasteiger partial charge on any atom is -0.449 e. The molecule has 0 spiro atoms. The van der Waals surface area contributed by atoms with Crippen molar-refractivity contribution >= 4 is 11.7 Å². The van der Waals surface area contributed by atoms with Gasteiger partial charge in [0.05, 0.1) is 10.5 Å². The molecule has 0 amide bonds. The van der Waals surface area contributed by atoms with Crippen LogP contribution in [0.2, 0.25) is 0 Å². The molecule has 1 aromatic heterocycles. The molecule has 0 radical (unpaired) electrons. The van der Waals surface area contributed by atoms with Gasteiger partial charge in [-0.05, 0) is 43.3 Å². The number of carbonyl (C=O) groups is 1. The lowest BCUT2D eigenvalue weighted by atomic mass is 10.2. The van der Waals surface area contributed by atoms with Gasteiger partial charge in [0.1, 0.15) is 5.82 Å². The third kappa shape index (κ3) is 3.72. The number of halogens is 1. The van der Waals surface area contributed by atoms with Crippen LogP contribution in [-0.2, 0) is 4.74 Å². The first-order valence-electron chi connectivity index (χ1n) is 7.49. The number of nitrogens with zero attached hydrogens (tertiary/aromatic N) is 3. The van der Waals surface area contributed by atoms with Gasteiger partial charge in [-0.2, -0.15) is 0 Å². The first-order valence-corrected chi connectivity index (χ1v) is 7.49. The molecule has 0 fully saturated rings. The smallest absolute Gasteiger partial charge is 0.338 e. The van der Waals surface area contributed by atoms with Crippen molar-refractivity contribution in [2.24, 2.45) is 0 Å². The molecular weight excluding hydrogens is 345 g/mol. The molecule has 1 heterocycles. The number of hydrogen-bond donors (Lipinski definition) is 0. The van der Waals surface area contributed by atoms with Gasteiger partial charge in [0.25, 0.3) is 11.6 Å². The van der Waals surface area contributed by atoms with Crippen molar-refractivity contribution in [2.45, 2.75) is 13.0 Å². The second kappa shape index (κ2) is 7.09. The molecule has 132 valence electrons. The number of esters is 1. The van der Waals surface area contributed by atoms with E-state index < -0.39 is 22.8 Å². The molecule has 1 atom stereocenters. The van der Waals surface area contributed by atoms with Crippen molar-refractivity contribution in [3.8, 4) is 11.5 Å². The maximum absolute atomic E-state index is 12.9. The molecule has 3 rings (SSSR count). The summed E-state index contributed by atoms with van der Waals surface area (Å²) in [6.07, 6.45) is -0.827. The summed E-state index contributed by atoms with van der Waals surface area (Å²) in [4.78, 5) is 22.2. The maximum Gasteiger partial charge on any atom is 0.338 e. The summed E-state index contributed by atoms with van der Waals surface area (Å²) in [5.41, 5.74) is 0.620. The molecule has 3 aromatic rings. The quantitative estimate of drug-likeness (QED) is 0.389. The highest BCUT2D eigenvalue weighted by molar-refractivity contribution is 5.89. The van der Waals surface area contributed by atoms with Gasteiger partial charge in [-0.15, -0.1) is 10.2 Å². The zero-order valence-electron chi connectivity index (χ0n) is 13.5. The lowest BCUT2D eigenvalue weighted by Gasteiger charge is -2.09. The highest BCUT2D eigenvalue weighted by Crippen LogP contribution is 2.24. The fourth-order valence-corrected chi connectivity index (χ4v) is 2.11. The Hall–Kier alpha value is -3.62. The zero-order chi connectivity index (χ0) is 18.7. The number of nitro groups is 1. The lowest BCUT2D eigenvalue weighted by molar-refractivity contribution is -0.384. The average Bonchev–Trinajstić information content (AvgIpc) is 3.12. The molecular formula is C17H12FN3O5. The fraction of sp³-hybridized carbons (Fsp3) is 0.118. The van der Waals surface area contributed by atoms with E-state index in [2.05, 4.69) is 10.2 Å². The van der Waals surface area contributed by atoms with E-state index in [1.807, 2.05) is 0 Å². The van der Waals surface area contributed by atoms with Gasteiger partial charge >= 0.3 is 5.97 Å². The Bertz CT molecular complexity index is 938. The van der Waals surface area contributed by atoms with Crippen LogP contribution in [-0.4, -0.2) is 21.1 Å². The third-order valence-electron chi connectivity index (χ3n) is 3.48. The van der Waals surface area contributed by atoms with Crippen molar-refractivity contribution in [3.63, 3.8) is 0 Å². The van der Waals surface area contributed by atoms with Crippen LogP contribution in [0.5, 0.6) is 0 Å². The second-order valence-electron chi connectivity index (χ2n) is 5.30. The Balaban J connectivity index is 1.71. The van der Waals surface area contributed by atoms with Crippen molar-refractivity contribution in [1.29, 1.82) is 0 Å². The molecule has 8 nitrogen and oxygen atoms in total. The van der Waals surface area contributed by atoms with E-state index in [1.54, 1.807) is 6.92 Å². The van der Waals surface area contributed by atoms with Gasteiger partial charge in [0, 0.05) is 17.7 Å². The standard InChI is InChI=1S/C17H12FN3O5/c1-10(25-17(22)12-2-6-13(18)7-3-12)15-19-20-16(26-15)11-4-8-14(9-5-11)21(23)24/h2-10H,1H3/t10-/m0/s1. The van der Waals surface area contributed by atoms with Crippen molar-refractivity contribution in [3.05, 3.63) is 75.9 Å². The largest absolute Gasteiger partial charge is 0.449 e. The van der Waals surface area contributed by atoms with Gasteiger partial charge in [-0.25, -0.2) is 9.18 Å². The lowest BCUT2D eigenvalue weighted by Crippen LogP contribution is -2.09. The van der Waals surface area contributed by atoms with Gasteiger partial charge in [-0.3, -0.25) is 10.1 Å². The summed E-state index contributed by atoms with van der Waals surface area (Å²) >= 11 is 0. The van der Waals surface area contributed by atoms with Crippen LogP contribution >= 0.6 is 0 Å². The average molecular weight is 357 g/mol. The Morgan fingerprint density at radius 2 is 1.81 bits per heavy atom. The van der Waals surface area contributed by atoms with Crippen molar-refractivity contribution in [1.82, 2.24) is 10.2 Å². The molecule has 2 aromatic carbocycles. The van der Waals surface area contributed by atoms with E-state index in [4.69, 9.17) is 9.15 Å². The number of rotatable bonds is 5. The molecule has 0 aliphatic rings. The number of non-ortho nitro benzene ring substituents is 1. The van der Waals surface area contributed by atoms with Gasteiger partial charge < -0.3 is 9.15 Å². The minimum atomic E-state index is -0.827. The Morgan fingerprint density at radius 1 is 1.15 bits per heavy atom. The van der Waals surface area contributed by atoms with E-state index in [1.165, 1.54) is 36.4 Å². The topological polar surface area (TPSA) is 108 Å². The molecule has 9 heteroatoms. The molecule has 0 unspecified atom stereocenters. The molecule has 0 aliphatic carbocycles. The van der Waals surface area contributed by atoms with E-state index in [0.717, 1.165) is 12.1 Å². The molecule has 0 aliphatic heterocycles. The zero-order valence-corrected chi connectivity index (χ0v) is 13.5. The molecule has 26 heavy (non-hydrogen) atoms. The SMILES string of the molecule is C[C@H](OC(=O)c1ccc(F)cc1)c1nnc(-c2ccc([N+](=O)[O-])cc2)o1. The predicted octanol–water partition coefficient (Wildman–Crippen LogP) is 3.70. The molecule has 0 N–H and O–H groups in total. The summed E-state index contributed by atoms with van der Waals surface area (Å²) in [6.45, 7) is 1.55. The Labute approximate surface area is 146 Å². The van der Waals surface area contributed by atoms with Crippen molar-refractivity contribution < 1.29 is 23.3 Å². The van der Waals surface area contributed by atoms with Gasteiger partial charge in [-0.1, -0.05) is 0 Å². The number of hydrogen-bond acceptors (Lipinski definition) is 7. The number of ether oxygens (including phenoxy) is 1. The van der Waals surface area contributed by atoms with Crippen LogP contribution in [0.25, 0.3) is 11.5 Å². The molecule has 0 saturated carbocycles. The van der Waals surface area contributed by atoms with Gasteiger partial charge in [0.15, 0.2) is 6.10 Å².